The average Bonchev–Trinajstić information content (AvgIpc) is 2.39. The van der Waals surface area contributed by atoms with Crippen LogP contribution in [0.15, 0.2) is 42.6 Å². The van der Waals surface area contributed by atoms with Gasteiger partial charge in [0.2, 0.25) is 6.41 Å². The second-order valence-electron chi connectivity index (χ2n) is 4.41. The zero-order valence-corrected chi connectivity index (χ0v) is 12.4. The molecule has 2 unspecified atom stereocenters. The van der Waals surface area contributed by atoms with E-state index in [1.165, 1.54) is 0 Å². The third kappa shape index (κ3) is 4.29. The van der Waals surface area contributed by atoms with Gasteiger partial charge in [0.15, 0.2) is 0 Å². The van der Waals surface area contributed by atoms with Crippen LogP contribution in [0.2, 0.25) is 0 Å². The van der Waals surface area contributed by atoms with E-state index in [1.54, 1.807) is 19.1 Å². The highest BCUT2D eigenvalue weighted by Gasteiger charge is 2.23. The number of alkyl halides is 1. The normalized spacial score (nSPS) is 14.6. The Balaban J connectivity index is 3.06. The first-order chi connectivity index (χ1) is 8.90. The lowest BCUT2D eigenvalue weighted by atomic mass is 10.00. The number of allylic oxidation sites excluding steroid dienone is 2. The predicted molar refractivity (Wildman–Crippen MR) is 81.2 cm³/mol. The van der Waals surface area contributed by atoms with Crippen molar-refractivity contribution >= 4 is 21.2 Å². The van der Waals surface area contributed by atoms with Crippen LogP contribution in [0.4, 0.5) is 4.39 Å². The highest BCUT2D eigenvalue weighted by atomic mass is 31.0. The van der Waals surface area contributed by atoms with Crippen molar-refractivity contribution in [3.8, 4) is 0 Å². The van der Waals surface area contributed by atoms with Crippen molar-refractivity contribution in [2.24, 2.45) is 0 Å². The van der Waals surface area contributed by atoms with Crippen molar-refractivity contribution in [3.05, 3.63) is 53.7 Å². The summed E-state index contributed by atoms with van der Waals surface area (Å²) in [6, 6.07) is 7.31. The van der Waals surface area contributed by atoms with Crippen LogP contribution in [0.25, 0.3) is 5.57 Å². The number of halogens is 1. The van der Waals surface area contributed by atoms with Crippen molar-refractivity contribution in [2.45, 2.75) is 25.7 Å². The molecular weight excluding hydrogens is 260 g/mol. The fraction of sp³-hybridized carbons (Fsp3) is 0.267. The number of hydrogen-bond acceptors (Lipinski definition) is 1. The topological polar surface area (TPSA) is 29.1 Å². The van der Waals surface area contributed by atoms with E-state index in [-0.39, 0.29) is 0 Å². The van der Waals surface area contributed by atoms with Gasteiger partial charge in [0.05, 0.1) is 0 Å². The molecule has 0 saturated carbocycles. The first-order valence-corrected chi connectivity index (χ1v) is 6.64. The van der Waals surface area contributed by atoms with Gasteiger partial charge >= 0.3 is 0 Å². The van der Waals surface area contributed by atoms with Gasteiger partial charge in [-0.1, -0.05) is 40.9 Å². The Morgan fingerprint density at radius 3 is 2.84 bits per heavy atom. The van der Waals surface area contributed by atoms with E-state index < -0.39 is 5.41 Å². The van der Waals surface area contributed by atoms with E-state index in [2.05, 4.69) is 21.1 Å². The molecule has 0 spiro atoms. The molecule has 0 saturated heterocycles. The van der Waals surface area contributed by atoms with Crippen LogP contribution in [-0.2, 0) is 10.2 Å². The van der Waals surface area contributed by atoms with Gasteiger partial charge in [0.1, 0.15) is 5.41 Å². The second-order valence-corrected chi connectivity index (χ2v) is 5.33. The zero-order valence-electron chi connectivity index (χ0n) is 11.2. The molecule has 2 nitrogen and oxygen atoms in total. The first-order valence-electron chi connectivity index (χ1n) is 6.06. The van der Waals surface area contributed by atoms with E-state index >= 15 is 0 Å². The van der Waals surface area contributed by atoms with Crippen LogP contribution in [-0.4, -0.2) is 6.41 Å². The van der Waals surface area contributed by atoms with Crippen LogP contribution in [0.5, 0.6) is 0 Å². The standard InChI is InChI=1S/C15H19FNOP/c1-4-15(16,19)14-7-5-6-13(9-14)11(2)8-12(3)17-10-18/h5-10H,3-4,19H2,1-2H3,(H,17,18)/b11-8+. The number of hydrogen-bond donors (Lipinski definition) is 1. The molecular formula is C15H19FNOP. The summed E-state index contributed by atoms with van der Waals surface area (Å²) < 4.78 is 14.2. The van der Waals surface area contributed by atoms with Gasteiger partial charge in [-0.25, -0.2) is 4.39 Å². The molecule has 19 heavy (non-hydrogen) atoms. The molecule has 2 atom stereocenters. The summed E-state index contributed by atoms with van der Waals surface area (Å²) in [5, 5.41) is 1.06. The number of rotatable bonds is 6. The highest BCUT2D eigenvalue weighted by Crippen LogP contribution is 2.37. The van der Waals surface area contributed by atoms with Crippen molar-refractivity contribution < 1.29 is 9.18 Å². The average molecular weight is 279 g/mol. The molecule has 1 N–H and O–H groups in total. The van der Waals surface area contributed by atoms with E-state index in [9.17, 15) is 9.18 Å². The Hall–Kier alpha value is -1.47. The van der Waals surface area contributed by atoms with Crippen molar-refractivity contribution in [1.82, 2.24) is 5.32 Å². The number of nitrogens with one attached hydrogen (secondary N) is 1. The van der Waals surface area contributed by atoms with E-state index in [0.29, 0.717) is 24.1 Å². The zero-order chi connectivity index (χ0) is 14.5. The van der Waals surface area contributed by atoms with Gasteiger partial charge in [-0.15, -0.1) is 0 Å². The third-order valence-corrected chi connectivity index (χ3v) is 3.69. The summed E-state index contributed by atoms with van der Waals surface area (Å²) in [7, 11) is 2.25. The van der Waals surface area contributed by atoms with Gasteiger partial charge < -0.3 is 5.32 Å². The minimum Gasteiger partial charge on any atom is -0.329 e. The minimum absolute atomic E-state index is 0.392. The van der Waals surface area contributed by atoms with Gasteiger partial charge in [-0.05, 0) is 42.2 Å². The Labute approximate surface area is 116 Å². The lowest BCUT2D eigenvalue weighted by Crippen LogP contribution is -2.09. The number of carbonyl (C=O) groups is 1. The van der Waals surface area contributed by atoms with Gasteiger partial charge in [0.25, 0.3) is 0 Å². The Morgan fingerprint density at radius 2 is 2.26 bits per heavy atom. The Kier molecular flexibility index (Phi) is 5.44. The fourth-order valence-electron chi connectivity index (χ4n) is 1.69. The second kappa shape index (κ2) is 6.63. The molecule has 1 rings (SSSR count). The Bertz CT molecular complexity index is 509. The molecule has 0 aliphatic rings. The lowest BCUT2D eigenvalue weighted by Gasteiger charge is -2.19. The molecule has 102 valence electrons. The summed E-state index contributed by atoms with van der Waals surface area (Å²) >= 11 is 0. The first kappa shape index (κ1) is 15.6. The van der Waals surface area contributed by atoms with E-state index in [1.807, 2.05) is 25.1 Å². The quantitative estimate of drug-likeness (QED) is 0.479. The molecule has 0 fully saturated rings. The molecule has 1 amide bonds. The third-order valence-electron chi connectivity index (χ3n) is 2.95. The van der Waals surface area contributed by atoms with E-state index in [4.69, 9.17) is 0 Å². The van der Waals surface area contributed by atoms with Crippen molar-refractivity contribution in [2.75, 3.05) is 0 Å². The minimum atomic E-state index is -1.41. The largest absolute Gasteiger partial charge is 0.329 e. The van der Waals surface area contributed by atoms with Gasteiger partial charge in [-0.2, -0.15) is 0 Å². The van der Waals surface area contributed by atoms with Crippen molar-refractivity contribution in [1.29, 1.82) is 0 Å². The Morgan fingerprint density at radius 1 is 1.58 bits per heavy atom. The molecule has 4 heteroatoms. The summed E-state index contributed by atoms with van der Waals surface area (Å²) in [4.78, 5) is 10.3. The molecule has 0 bridgehead atoms. The highest BCUT2D eigenvalue weighted by molar-refractivity contribution is 7.18. The molecule has 0 heterocycles. The van der Waals surface area contributed by atoms with Crippen LogP contribution in [0.1, 0.15) is 31.4 Å². The maximum Gasteiger partial charge on any atom is 0.211 e. The molecule has 1 aromatic rings. The van der Waals surface area contributed by atoms with Crippen LogP contribution >= 0.6 is 9.24 Å². The molecule has 0 aliphatic carbocycles. The smallest absolute Gasteiger partial charge is 0.211 e. The molecule has 0 radical (unpaired) electrons. The monoisotopic (exact) mass is 279 g/mol. The maximum absolute atomic E-state index is 14.2. The lowest BCUT2D eigenvalue weighted by molar-refractivity contribution is -0.108. The fourth-order valence-corrected chi connectivity index (χ4v) is 1.87. The molecule has 1 aromatic carbocycles. The predicted octanol–water partition coefficient (Wildman–Crippen LogP) is 3.76. The maximum atomic E-state index is 14.2. The number of amides is 1. The van der Waals surface area contributed by atoms with E-state index in [0.717, 1.165) is 11.1 Å². The van der Waals surface area contributed by atoms with Crippen LogP contribution in [0, 0.1) is 0 Å². The number of carbonyl (C=O) groups excluding carboxylic acids is 1. The van der Waals surface area contributed by atoms with Gasteiger partial charge in [0, 0.05) is 5.70 Å². The summed E-state index contributed by atoms with van der Waals surface area (Å²) in [5.74, 6) is 0. The van der Waals surface area contributed by atoms with Crippen LogP contribution < -0.4 is 5.32 Å². The van der Waals surface area contributed by atoms with Crippen molar-refractivity contribution in [3.63, 3.8) is 0 Å². The number of benzene rings is 1. The summed E-state index contributed by atoms with van der Waals surface area (Å²) in [5.41, 5.74) is 2.95. The summed E-state index contributed by atoms with van der Waals surface area (Å²) in [6.07, 6.45) is 2.72. The van der Waals surface area contributed by atoms with Crippen LogP contribution in [0.3, 0.4) is 0 Å². The molecule has 0 aromatic heterocycles. The SMILES string of the molecule is C=C(/C=C(\C)c1cccc(C(F)(P)CC)c1)NC=O. The molecule has 0 aliphatic heterocycles. The van der Waals surface area contributed by atoms with Gasteiger partial charge in [-0.3, -0.25) is 4.79 Å². The summed E-state index contributed by atoms with van der Waals surface area (Å²) in [6.45, 7) is 7.40.